The monoisotopic (exact) mass is 469 g/mol. The Balaban J connectivity index is 1.81. The van der Waals surface area contributed by atoms with Crippen molar-refractivity contribution in [3.63, 3.8) is 0 Å². The summed E-state index contributed by atoms with van der Waals surface area (Å²) in [5.74, 6) is -1.43. The van der Waals surface area contributed by atoms with Gasteiger partial charge < -0.3 is 20.0 Å². The lowest BCUT2D eigenvalue weighted by atomic mass is 10.0. The van der Waals surface area contributed by atoms with Gasteiger partial charge in [0.05, 0.1) is 6.04 Å². The van der Waals surface area contributed by atoms with Crippen molar-refractivity contribution >= 4 is 35.4 Å². The fraction of sp³-hybridized carbons (Fsp3) is 0.360. The number of fused-ring (bicyclic) bond motifs is 1. The number of carbonyl (C=O) groups is 2. The number of amides is 1. The van der Waals surface area contributed by atoms with E-state index in [1.54, 1.807) is 18.3 Å². The summed E-state index contributed by atoms with van der Waals surface area (Å²) in [6, 6.07) is 14.8. The first-order valence-electron chi connectivity index (χ1n) is 11.2. The van der Waals surface area contributed by atoms with Crippen molar-refractivity contribution in [3.05, 3.63) is 66.4 Å². The molecule has 1 heterocycles. The average Bonchev–Trinajstić information content (AvgIpc) is 3.21. The molecule has 0 radical (unpaired) electrons. The molecule has 1 amide bonds. The number of carboxylic acids is 1. The van der Waals surface area contributed by atoms with Crippen molar-refractivity contribution in [2.45, 2.75) is 45.7 Å². The Labute approximate surface area is 194 Å². The molecule has 0 saturated heterocycles. The topological polar surface area (TPSA) is 111 Å². The highest BCUT2D eigenvalue weighted by atomic mass is 31.2. The van der Waals surface area contributed by atoms with Gasteiger partial charge in [-0.3, -0.25) is 9.88 Å². The van der Waals surface area contributed by atoms with Gasteiger partial charge in [0.2, 0.25) is 5.91 Å². The molecule has 0 aliphatic heterocycles. The number of hydrogen-bond donors (Lipinski definition) is 4. The predicted octanol–water partition coefficient (Wildman–Crippen LogP) is 3.91. The van der Waals surface area contributed by atoms with Gasteiger partial charge in [-0.1, -0.05) is 69.3 Å². The van der Waals surface area contributed by atoms with Crippen LogP contribution >= 0.6 is 7.29 Å². The number of nitrogens with one attached hydrogen (secondary N) is 3. The molecular weight excluding hydrogens is 437 g/mol. The van der Waals surface area contributed by atoms with Gasteiger partial charge >= 0.3 is 5.97 Å². The molecule has 0 fully saturated rings. The summed E-state index contributed by atoms with van der Waals surface area (Å²) in [4.78, 5) is 28.4. The Kier molecular flexibility index (Phi) is 8.11. The lowest BCUT2D eigenvalue weighted by Crippen LogP contribution is -2.51. The average molecular weight is 470 g/mol. The molecule has 33 heavy (non-hydrogen) atoms. The smallest absolute Gasteiger partial charge is 0.326 e. The minimum atomic E-state index is -3.04. The molecule has 176 valence electrons. The molecule has 7 nitrogen and oxygen atoms in total. The predicted molar refractivity (Wildman–Crippen MR) is 132 cm³/mol. The fourth-order valence-corrected chi connectivity index (χ4v) is 6.03. The second-order valence-corrected chi connectivity index (χ2v) is 11.6. The molecule has 1 unspecified atom stereocenters. The standard InChI is InChI=1S/C25H32N3O4P/c1-4-33(32,19-10-6-5-7-11-19)28-22(14-17(2)3)24(29)27-23(25(30)31)15-18-16-26-21-13-9-8-12-20(18)21/h5-13,16-17,22-23,26H,4,14-15H2,1-3H3,(H,27,29)(H,28,32)(H,30,31)/t22-,23-,33?/m0/s1. The largest absolute Gasteiger partial charge is 0.480 e. The highest BCUT2D eigenvalue weighted by molar-refractivity contribution is 7.69. The van der Waals surface area contributed by atoms with Gasteiger partial charge in [0.25, 0.3) is 0 Å². The molecule has 3 rings (SSSR count). The van der Waals surface area contributed by atoms with Gasteiger partial charge in [-0.15, -0.1) is 0 Å². The highest BCUT2D eigenvalue weighted by Crippen LogP contribution is 2.40. The molecule has 8 heteroatoms. The van der Waals surface area contributed by atoms with Gasteiger partial charge in [-0.05, 0) is 24.0 Å². The van der Waals surface area contributed by atoms with E-state index in [0.29, 0.717) is 17.9 Å². The Morgan fingerprint density at radius 1 is 1.03 bits per heavy atom. The van der Waals surface area contributed by atoms with Crippen LogP contribution in [0.3, 0.4) is 0 Å². The van der Waals surface area contributed by atoms with E-state index >= 15 is 0 Å². The number of carboxylic acid groups (broad SMARTS) is 1. The van der Waals surface area contributed by atoms with Crippen LogP contribution < -0.4 is 15.7 Å². The number of aromatic nitrogens is 1. The minimum Gasteiger partial charge on any atom is -0.480 e. The lowest BCUT2D eigenvalue weighted by Gasteiger charge is -2.27. The molecule has 0 bridgehead atoms. The van der Waals surface area contributed by atoms with E-state index in [-0.39, 0.29) is 12.3 Å². The van der Waals surface area contributed by atoms with E-state index in [9.17, 15) is 19.3 Å². The number of rotatable bonds is 11. The Hall–Kier alpha value is -2.89. The molecule has 4 N–H and O–H groups in total. The van der Waals surface area contributed by atoms with E-state index in [4.69, 9.17) is 0 Å². The molecule has 0 aliphatic carbocycles. The molecule has 3 atom stereocenters. The van der Waals surface area contributed by atoms with Gasteiger partial charge in [0.15, 0.2) is 7.29 Å². The number of carbonyl (C=O) groups excluding carboxylic acids is 1. The maximum atomic E-state index is 13.7. The van der Waals surface area contributed by atoms with Crippen molar-refractivity contribution < 1.29 is 19.3 Å². The van der Waals surface area contributed by atoms with Crippen LogP contribution in [-0.4, -0.2) is 40.2 Å². The molecule has 0 saturated carbocycles. The quantitative estimate of drug-likeness (QED) is 0.318. The Bertz CT molecular complexity index is 1140. The Morgan fingerprint density at radius 3 is 2.33 bits per heavy atom. The fourth-order valence-electron chi connectivity index (χ4n) is 3.95. The van der Waals surface area contributed by atoms with Crippen LogP contribution in [0, 0.1) is 5.92 Å². The third-order valence-corrected chi connectivity index (χ3v) is 8.47. The van der Waals surface area contributed by atoms with Crippen LogP contribution in [0.15, 0.2) is 60.8 Å². The van der Waals surface area contributed by atoms with Gasteiger partial charge in [0, 0.05) is 35.0 Å². The van der Waals surface area contributed by atoms with E-state index in [0.717, 1.165) is 16.5 Å². The van der Waals surface area contributed by atoms with Crippen LogP contribution in [0.2, 0.25) is 0 Å². The summed E-state index contributed by atoms with van der Waals surface area (Å²) in [5.41, 5.74) is 1.73. The van der Waals surface area contributed by atoms with Crippen molar-refractivity contribution in [1.29, 1.82) is 0 Å². The third kappa shape index (κ3) is 6.12. The van der Waals surface area contributed by atoms with Crippen LogP contribution in [-0.2, 0) is 20.6 Å². The molecule has 1 aromatic heterocycles. The van der Waals surface area contributed by atoms with Crippen LogP contribution in [0.25, 0.3) is 10.9 Å². The maximum Gasteiger partial charge on any atom is 0.326 e. The van der Waals surface area contributed by atoms with Crippen molar-refractivity contribution in [3.8, 4) is 0 Å². The second kappa shape index (κ2) is 10.8. The van der Waals surface area contributed by atoms with E-state index in [2.05, 4.69) is 15.4 Å². The van der Waals surface area contributed by atoms with Gasteiger partial charge in [0.1, 0.15) is 6.04 Å². The first-order chi connectivity index (χ1) is 15.7. The molecule has 3 aromatic rings. The van der Waals surface area contributed by atoms with Crippen molar-refractivity contribution in [1.82, 2.24) is 15.4 Å². The van der Waals surface area contributed by atoms with E-state index in [1.165, 1.54) is 0 Å². The normalized spacial score (nSPS) is 15.2. The number of aromatic amines is 1. The summed E-state index contributed by atoms with van der Waals surface area (Å²) < 4.78 is 13.7. The second-order valence-electron chi connectivity index (χ2n) is 8.67. The van der Waals surface area contributed by atoms with E-state index < -0.39 is 31.3 Å². The van der Waals surface area contributed by atoms with Crippen molar-refractivity contribution in [2.24, 2.45) is 5.92 Å². The summed E-state index contributed by atoms with van der Waals surface area (Å²) in [5, 5.41) is 17.2. The van der Waals surface area contributed by atoms with Crippen molar-refractivity contribution in [2.75, 3.05) is 6.16 Å². The first-order valence-corrected chi connectivity index (χ1v) is 13.1. The Morgan fingerprint density at radius 2 is 1.70 bits per heavy atom. The molecule has 0 spiro atoms. The lowest BCUT2D eigenvalue weighted by molar-refractivity contribution is -0.142. The third-order valence-electron chi connectivity index (χ3n) is 5.72. The maximum absolute atomic E-state index is 13.7. The van der Waals surface area contributed by atoms with Crippen LogP contribution in [0.4, 0.5) is 0 Å². The molecular formula is C25H32N3O4P. The number of aliphatic carboxylic acids is 1. The van der Waals surface area contributed by atoms with Crippen LogP contribution in [0.5, 0.6) is 0 Å². The van der Waals surface area contributed by atoms with Gasteiger partial charge in [-0.2, -0.15) is 0 Å². The zero-order valence-electron chi connectivity index (χ0n) is 19.2. The minimum absolute atomic E-state index is 0.142. The zero-order valence-corrected chi connectivity index (χ0v) is 20.1. The number of benzene rings is 2. The zero-order chi connectivity index (χ0) is 24.0. The van der Waals surface area contributed by atoms with Gasteiger partial charge in [-0.25, -0.2) is 4.79 Å². The summed E-state index contributed by atoms with van der Waals surface area (Å²) in [6.07, 6.45) is 2.69. The molecule has 2 aromatic carbocycles. The number of para-hydroxylation sites is 1. The summed E-state index contributed by atoms with van der Waals surface area (Å²) in [6.45, 7) is 5.77. The summed E-state index contributed by atoms with van der Waals surface area (Å²) in [7, 11) is -3.04. The summed E-state index contributed by atoms with van der Waals surface area (Å²) >= 11 is 0. The van der Waals surface area contributed by atoms with Crippen LogP contribution in [0.1, 0.15) is 32.8 Å². The highest BCUT2D eigenvalue weighted by Gasteiger charge is 2.32. The SMILES string of the molecule is CCP(=O)(N[C@@H](CC(C)C)C(=O)N[C@@H](Cc1c[nH]c2ccccc12)C(=O)O)c1ccccc1. The molecule has 0 aliphatic rings. The number of H-pyrrole nitrogens is 1. The number of hydrogen-bond acceptors (Lipinski definition) is 3. The van der Waals surface area contributed by atoms with E-state index in [1.807, 2.05) is 63.2 Å². The first kappa shape index (κ1) is 24.7.